The third kappa shape index (κ3) is 4.37. The Morgan fingerprint density at radius 2 is 2.05 bits per heavy atom. The van der Waals surface area contributed by atoms with Gasteiger partial charge in [-0.25, -0.2) is 0 Å². The van der Waals surface area contributed by atoms with Gasteiger partial charge in [0.15, 0.2) is 11.5 Å². The molecule has 0 amide bonds. The van der Waals surface area contributed by atoms with Gasteiger partial charge in [0.2, 0.25) is 0 Å². The Balaban J connectivity index is 2.71. The predicted octanol–water partition coefficient (Wildman–Crippen LogP) is 2.66. The number of phenols is 1. The summed E-state index contributed by atoms with van der Waals surface area (Å²) in [5.41, 5.74) is -0.0445. The summed E-state index contributed by atoms with van der Waals surface area (Å²) in [5.74, 6) is 0.717. The lowest BCUT2D eigenvalue weighted by atomic mass is 9.92. The molecule has 1 aromatic rings. The van der Waals surface area contributed by atoms with E-state index in [1.165, 1.54) is 7.11 Å². The largest absolute Gasteiger partial charge is 0.504 e. The topological polar surface area (TPSA) is 61.7 Å². The number of hydrogen-bond acceptors (Lipinski definition) is 4. The van der Waals surface area contributed by atoms with E-state index >= 15 is 0 Å². The van der Waals surface area contributed by atoms with Crippen molar-refractivity contribution in [3.05, 3.63) is 22.2 Å². The number of phenolic OH excluding ortho intramolecular Hbond substituents is 1. The number of rotatable bonds is 6. The summed E-state index contributed by atoms with van der Waals surface area (Å²) in [5, 5.41) is 23.3. The van der Waals surface area contributed by atoms with E-state index in [0.29, 0.717) is 18.8 Å². The van der Waals surface area contributed by atoms with Crippen molar-refractivity contribution in [2.24, 2.45) is 5.92 Å². The van der Waals surface area contributed by atoms with Crippen LogP contribution in [-0.2, 0) is 6.54 Å². The second-order valence-electron chi connectivity index (χ2n) is 5.23. The molecule has 1 atom stereocenters. The Labute approximate surface area is 122 Å². The molecule has 1 unspecified atom stereocenters. The van der Waals surface area contributed by atoms with Crippen molar-refractivity contribution in [3.63, 3.8) is 0 Å². The molecule has 108 valence electrons. The van der Waals surface area contributed by atoms with Crippen LogP contribution in [0.4, 0.5) is 0 Å². The van der Waals surface area contributed by atoms with Gasteiger partial charge >= 0.3 is 0 Å². The van der Waals surface area contributed by atoms with Crippen molar-refractivity contribution >= 4 is 15.9 Å². The summed E-state index contributed by atoms with van der Waals surface area (Å²) < 4.78 is 5.94. The Bertz CT molecular complexity index is 433. The fraction of sp³-hybridized carbons (Fsp3) is 0.571. The van der Waals surface area contributed by atoms with Gasteiger partial charge in [-0.3, -0.25) is 0 Å². The third-order valence-electron chi connectivity index (χ3n) is 3.38. The number of hydrogen-bond donors (Lipinski definition) is 3. The maximum Gasteiger partial charge on any atom is 0.162 e. The van der Waals surface area contributed by atoms with Crippen LogP contribution >= 0.6 is 15.9 Å². The molecular weight excluding hydrogens is 310 g/mol. The number of aliphatic hydroxyl groups is 1. The molecule has 0 saturated heterocycles. The van der Waals surface area contributed by atoms with Crippen molar-refractivity contribution in [1.29, 1.82) is 0 Å². The molecule has 0 aliphatic carbocycles. The number of aromatic hydroxyl groups is 1. The van der Waals surface area contributed by atoms with Crippen LogP contribution in [0, 0.1) is 5.92 Å². The minimum atomic E-state index is -0.772. The minimum absolute atomic E-state index is 0.127. The summed E-state index contributed by atoms with van der Waals surface area (Å²) in [6, 6.07) is 3.54. The maximum absolute atomic E-state index is 10.1. The fourth-order valence-corrected chi connectivity index (χ4v) is 2.06. The molecule has 3 N–H and O–H groups in total. The van der Waals surface area contributed by atoms with Gasteiger partial charge in [-0.1, -0.05) is 29.8 Å². The van der Waals surface area contributed by atoms with Gasteiger partial charge in [-0.05, 0) is 25.0 Å². The Hall–Kier alpha value is -0.780. The van der Waals surface area contributed by atoms with E-state index in [9.17, 15) is 10.2 Å². The fourth-order valence-electron chi connectivity index (χ4n) is 1.57. The molecule has 1 aromatic carbocycles. The molecule has 5 heteroatoms. The molecule has 19 heavy (non-hydrogen) atoms. The van der Waals surface area contributed by atoms with Crippen molar-refractivity contribution in [2.75, 3.05) is 13.7 Å². The lowest BCUT2D eigenvalue weighted by Gasteiger charge is -2.28. The van der Waals surface area contributed by atoms with Crippen LogP contribution in [-0.4, -0.2) is 29.5 Å². The van der Waals surface area contributed by atoms with Crippen molar-refractivity contribution in [2.45, 2.75) is 32.9 Å². The first-order chi connectivity index (χ1) is 8.77. The first-order valence-corrected chi connectivity index (χ1v) is 7.05. The van der Waals surface area contributed by atoms with Gasteiger partial charge in [0.1, 0.15) is 0 Å². The molecular formula is C14H22BrNO3. The van der Waals surface area contributed by atoms with Crippen LogP contribution < -0.4 is 10.1 Å². The molecule has 0 radical (unpaired) electrons. The van der Waals surface area contributed by atoms with Crippen LogP contribution in [0.15, 0.2) is 16.6 Å². The average molecular weight is 332 g/mol. The summed E-state index contributed by atoms with van der Waals surface area (Å²) in [7, 11) is 1.52. The smallest absolute Gasteiger partial charge is 0.162 e. The van der Waals surface area contributed by atoms with Crippen LogP contribution in [0.3, 0.4) is 0 Å². The predicted molar refractivity (Wildman–Crippen MR) is 79.5 cm³/mol. The molecule has 4 nitrogen and oxygen atoms in total. The summed E-state index contributed by atoms with van der Waals surface area (Å²) in [6.45, 7) is 6.66. The van der Waals surface area contributed by atoms with Crippen LogP contribution in [0.25, 0.3) is 0 Å². The highest BCUT2D eigenvalue weighted by Gasteiger charge is 2.24. The zero-order chi connectivity index (χ0) is 14.6. The van der Waals surface area contributed by atoms with E-state index in [2.05, 4.69) is 21.2 Å². The van der Waals surface area contributed by atoms with E-state index < -0.39 is 5.60 Å². The number of ether oxygens (including phenoxy) is 1. The SMILES string of the molecule is COc1cc(Br)cc(CNCC(C)(O)C(C)C)c1O. The van der Waals surface area contributed by atoms with Crippen LogP contribution in [0.1, 0.15) is 26.3 Å². The van der Waals surface area contributed by atoms with Crippen molar-refractivity contribution in [1.82, 2.24) is 5.32 Å². The summed E-state index contributed by atoms with van der Waals surface area (Å²) in [6.07, 6.45) is 0. The summed E-state index contributed by atoms with van der Waals surface area (Å²) >= 11 is 3.37. The van der Waals surface area contributed by atoms with Gasteiger partial charge in [-0.2, -0.15) is 0 Å². The number of methoxy groups -OCH3 is 1. The van der Waals surface area contributed by atoms with E-state index in [0.717, 1.165) is 10.0 Å². The van der Waals surface area contributed by atoms with Gasteiger partial charge in [0, 0.05) is 23.1 Å². The quantitative estimate of drug-likeness (QED) is 0.750. The molecule has 1 rings (SSSR count). The molecule has 0 saturated carbocycles. The van der Waals surface area contributed by atoms with Gasteiger partial charge in [-0.15, -0.1) is 0 Å². The maximum atomic E-state index is 10.1. The van der Waals surface area contributed by atoms with E-state index in [-0.39, 0.29) is 11.7 Å². The van der Waals surface area contributed by atoms with Crippen LogP contribution in [0.2, 0.25) is 0 Å². The van der Waals surface area contributed by atoms with E-state index in [1.807, 2.05) is 19.9 Å². The lowest BCUT2D eigenvalue weighted by molar-refractivity contribution is 0.0139. The normalized spacial score (nSPS) is 14.5. The molecule has 0 aliphatic rings. The zero-order valence-corrected chi connectivity index (χ0v) is 13.4. The molecule has 0 aromatic heterocycles. The number of halogens is 1. The second kappa shape index (κ2) is 6.59. The highest BCUT2D eigenvalue weighted by molar-refractivity contribution is 9.10. The van der Waals surface area contributed by atoms with Gasteiger partial charge in [0.05, 0.1) is 12.7 Å². The Morgan fingerprint density at radius 1 is 1.42 bits per heavy atom. The van der Waals surface area contributed by atoms with E-state index in [4.69, 9.17) is 4.74 Å². The second-order valence-corrected chi connectivity index (χ2v) is 6.15. The molecule has 0 fully saturated rings. The molecule has 0 aliphatic heterocycles. The van der Waals surface area contributed by atoms with Gasteiger partial charge in [0.25, 0.3) is 0 Å². The third-order valence-corrected chi connectivity index (χ3v) is 3.84. The minimum Gasteiger partial charge on any atom is -0.504 e. The lowest BCUT2D eigenvalue weighted by Crippen LogP contribution is -2.41. The molecule has 0 heterocycles. The Morgan fingerprint density at radius 3 is 2.58 bits per heavy atom. The summed E-state index contributed by atoms with van der Waals surface area (Å²) in [4.78, 5) is 0. The average Bonchev–Trinajstić information content (AvgIpc) is 2.32. The standard InChI is InChI=1S/C14H22BrNO3/c1-9(2)14(3,18)8-16-7-10-5-11(15)6-12(19-4)13(10)17/h5-6,9,16-18H,7-8H2,1-4H3. The van der Waals surface area contributed by atoms with E-state index in [1.54, 1.807) is 13.0 Å². The highest BCUT2D eigenvalue weighted by Crippen LogP contribution is 2.33. The monoisotopic (exact) mass is 331 g/mol. The number of benzene rings is 1. The highest BCUT2D eigenvalue weighted by atomic mass is 79.9. The first kappa shape index (κ1) is 16.3. The van der Waals surface area contributed by atoms with Gasteiger partial charge < -0.3 is 20.3 Å². The molecule has 0 bridgehead atoms. The van der Waals surface area contributed by atoms with Crippen LogP contribution in [0.5, 0.6) is 11.5 Å². The first-order valence-electron chi connectivity index (χ1n) is 6.26. The van der Waals surface area contributed by atoms with Crippen molar-refractivity contribution < 1.29 is 14.9 Å². The zero-order valence-electron chi connectivity index (χ0n) is 11.8. The Kier molecular flexibility index (Phi) is 5.64. The van der Waals surface area contributed by atoms with Crippen molar-refractivity contribution in [3.8, 4) is 11.5 Å². The molecule has 0 spiro atoms. The number of nitrogens with one attached hydrogen (secondary N) is 1.